The highest BCUT2D eigenvalue weighted by Crippen LogP contribution is 2.31. The van der Waals surface area contributed by atoms with E-state index in [2.05, 4.69) is 0 Å². The van der Waals surface area contributed by atoms with Crippen molar-refractivity contribution in [2.75, 3.05) is 19.4 Å². The van der Waals surface area contributed by atoms with Gasteiger partial charge in [0, 0.05) is 17.2 Å². The molecule has 0 aliphatic carbocycles. The van der Waals surface area contributed by atoms with E-state index in [4.69, 9.17) is 4.74 Å². The summed E-state index contributed by atoms with van der Waals surface area (Å²) in [6.45, 7) is 0.0256. The molecule has 3 rings (SSSR count). The molecule has 0 saturated carbocycles. The fraction of sp³-hybridized carbons (Fsp3) is 0.286. The van der Waals surface area contributed by atoms with E-state index in [0.29, 0.717) is 17.9 Å². The molecule has 0 saturated heterocycles. The molecule has 2 aromatic carbocycles. The Bertz CT molecular complexity index is 958. The van der Waals surface area contributed by atoms with E-state index in [0.717, 1.165) is 9.20 Å². The lowest BCUT2D eigenvalue weighted by molar-refractivity contribution is -0.142. The molecule has 0 bridgehead atoms. The number of carboxylic acids is 1. The van der Waals surface area contributed by atoms with Gasteiger partial charge in [0.25, 0.3) is 0 Å². The number of benzene rings is 2. The van der Waals surface area contributed by atoms with Crippen LogP contribution in [0.15, 0.2) is 76.5 Å². The van der Waals surface area contributed by atoms with Gasteiger partial charge in [-0.05, 0) is 48.7 Å². The van der Waals surface area contributed by atoms with Crippen molar-refractivity contribution < 1.29 is 23.1 Å². The number of aliphatic carboxylic acids is 1. The van der Waals surface area contributed by atoms with Crippen molar-refractivity contribution in [2.45, 2.75) is 22.3 Å². The number of rotatable bonds is 7. The van der Waals surface area contributed by atoms with Crippen LogP contribution in [0.5, 0.6) is 5.75 Å². The van der Waals surface area contributed by atoms with E-state index >= 15 is 0 Å². The molecular weight excluding hydrogens is 410 g/mol. The van der Waals surface area contributed by atoms with E-state index in [-0.39, 0.29) is 17.4 Å². The Labute approximate surface area is 175 Å². The van der Waals surface area contributed by atoms with Crippen molar-refractivity contribution in [3.05, 3.63) is 66.7 Å². The van der Waals surface area contributed by atoms with Crippen LogP contribution in [0.3, 0.4) is 0 Å². The van der Waals surface area contributed by atoms with Gasteiger partial charge in [0.15, 0.2) is 0 Å². The number of carbonyl (C=O) groups is 1. The molecule has 0 spiro atoms. The van der Waals surface area contributed by atoms with Gasteiger partial charge in [-0.15, -0.1) is 11.8 Å². The lowest BCUT2D eigenvalue weighted by Crippen LogP contribution is -2.49. The van der Waals surface area contributed by atoms with Gasteiger partial charge in [-0.25, -0.2) is 8.42 Å². The Hall–Kier alpha value is -2.29. The second kappa shape index (κ2) is 9.47. The predicted molar refractivity (Wildman–Crippen MR) is 113 cm³/mol. The van der Waals surface area contributed by atoms with Crippen LogP contribution in [0, 0.1) is 5.92 Å². The van der Waals surface area contributed by atoms with Crippen molar-refractivity contribution in [3.8, 4) is 5.75 Å². The van der Waals surface area contributed by atoms with E-state index in [9.17, 15) is 18.3 Å². The average Bonchev–Trinajstić information content (AvgIpc) is 2.96. The molecule has 2 atom stereocenters. The summed E-state index contributed by atoms with van der Waals surface area (Å²) in [5.41, 5.74) is 0. The van der Waals surface area contributed by atoms with E-state index in [1.807, 2.05) is 36.4 Å². The second-order valence-electron chi connectivity index (χ2n) is 6.62. The molecule has 2 unspecified atom stereocenters. The molecule has 29 heavy (non-hydrogen) atoms. The van der Waals surface area contributed by atoms with Crippen LogP contribution >= 0.6 is 11.8 Å². The number of nitrogens with zero attached hydrogens (tertiary/aromatic N) is 1. The minimum Gasteiger partial charge on any atom is -0.497 e. The topological polar surface area (TPSA) is 83.9 Å². The minimum atomic E-state index is -3.98. The van der Waals surface area contributed by atoms with Crippen molar-refractivity contribution in [2.24, 2.45) is 5.92 Å². The van der Waals surface area contributed by atoms with Crippen molar-refractivity contribution in [3.63, 3.8) is 0 Å². The lowest BCUT2D eigenvalue weighted by Gasteiger charge is -2.31. The highest BCUT2D eigenvalue weighted by Gasteiger charge is 2.41. The smallest absolute Gasteiger partial charge is 0.322 e. The van der Waals surface area contributed by atoms with Gasteiger partial charge in [0.2, 0.25) is 10.0 Å². The predicted octanol–water partition coefficient (Wildman–Crippen LogP) is 3.51. The van der Waals surface area contributed by atoms with Gasteiger partial charge in [-0.2, -0.15) is 4.31 Å². The normalized spacial score (nSPS) is 20.2. The summed E-state index contributed by atoms with van der Waals surface area (Å²) in [5.74, 6) is -0.458. The number of sulfonamides is 1. The Balaban J connectivity index is 1.88. The van der Waals surface area contributed by atoms with E-state index in [1.165, 1.54) is 31.0 Å². The van der Waals surface area contributed by atoms with E-state index < -0.39 is 22.0 Å². The van der Waals surface area contributed by atoms with Gasteiger partial charge in [0.05, 0.1) is 12.0 Å². The van der Waals surface area contributed by atoms with Crippen molar-refractivity contribution >= 4 is 27.8 Å². The van der Waals surface area contributed by atoms with Crippen molar-refractivity contribution in [1.29, 1.82) is 0 Å². The first kappa shape index (κ1) is 21.4. The molecule has 1 aliphatic heterocycles. The third-order valence-electron chi connectivity index (χ3n) is 4.77. The van der Waals surface area contributed by atoms with Crippen LogP contribution in [0.4, 0.5) is 0 Å². The molecule has 2 aromatic rings. The lowest BCUT2D eigenvalue weighted by atomic mass is 9.99. The maximum absolute atomic E-state index is 13.3. The van der Waals surface area contributed by atoms with Crippen LogP contribution in [0.2, 0.25) is 0 Å². The van der Waals surface area contributed by atoms with Gasteiger partial charge in [-0.3, -0.25) is 4.79 Å². The zero-order chi connectivity index (χ0) is 20.9. The van der Waals surface area contributed by atoms with Crippen molar-refractivity contribution in [1.82, 2.24) is 4.31 Å². The number of thioether (sulfide) groups is 1. The Morgan fingerprint density at radius 1 is 1.14 bits per heavy atom. The number of allylic oxidation sites excluding steroid dienone is 1. The SMILES string of the molecule is COc1ccc(S(=O)(=O)N2CC=CCC(CSc3ccccc3)C2C(=O)O)cc1. The molecule has 0 fully saturated rings. The molecule has 0 radical (unpaired) electrons. The monoisotopic (exact) mass is 433 g/mol. The van der Waals surface area contributed by atoms with Crippen LogP contribution < -0.4 is 4.74 Å². The summed E-state index contributed by atoms with van der Waals surface area (Å²) in [7, 11) is -2.49. The fourth-order valence-corrected chi connectivity index (χ4v) is 5.93. The Morgan fingerprint density at radius 3 is 2.45 bits per heavy atom. The zero-order valence-corrected chi connectivity index (χ0v) is 17.6. The van der Waals surface area contributed by atoms with Crippen LogP contribution in [-0.4, -0.2) is 49.2 Å². The average molecular weight is 434 g/mol. The molecule has 154 valence electrons. The number of hydrogen-bond acceptors (Lipinski definition) is 5. The molecule has 1 heterocycles. The summed E-state index contributed by atoms with van der Waals surface area (Å²) in [6.07, 6.45) is 4.10. The highest BCUT2D eigenvalue weighted by molar-refractivity contribution is 7.99. The molecule has 1 aliphatic rings. The summed E-state index contributed by atoms with van der Waals surface area (Å²) in [5, 5.41) is 9.93. The minimum absolute atomic E-state index is 0.0256. The molecule has 6 nitrogen and oxygen atoms in total. The molecule has 1 N–H and O–H groups in total. The zero-order valence-electron chi connectivity index (χ0n) is 16.0. The summed E-state index contributed by atoms with van der Waals surface area (Å²) < 4.78 is 32.7. The van der Waals surface area contributed by atoms with Crippen LogP contribution in [-0.2, 0) is 14.8 Å². The van der Waals surface area contributed by atoms with Gasteiger partial charge >= 0.3 is 5.97 Å². The number of carboxylic acid groups (broad SMARTS) is 1. The van der Waals surface area contributed by atoms with E-state index in [1.54, 1.807) is 18.2 Å². The number of ether oxygens (including phenoxy) is 1. The van der Waals surface area contributed by atoms with Crippen LogP contribution in [0.1, 0.15) is 6.42 Å². The highest BCUT2D eigenvalue weighted by atomic mass is 32.2. The Kier molecular flexibility index (Phi) is 7.00. The number of hydrogen-bond donors (Lipinski definition) is 1. The molecular formula is C21H23NO5S2. The standard InChI is InChI=1S/C21H23NO5S2/c1-27-17-10-12-19(13-11-17)29(25,26)22-14-6-5-7-16(20(22)21(23)24)15-28-18-8-3-2-4-9-18/h2-6,8-13,16,20H,7,14-15H2,1H3,(H,23,24). The second-order valence-corrected chi connectivity index (χ2v) is 9.61. The fourth-order valence-electron chi connectivity index (χ4n) is 3.26. The third-order valence-corrected chi connectivity index (χ3v) is 7.84. The maximum atomic E-state index is 13.3. The maximum Gasteiger partial charge on any atom is 0.322 e. The molecule has 0 amide bonds. The summed E-state index contributed by atoms with van der Waals surface area (Å²) in [4.78, 5) is 13.2. The summed E-state index contributed by atoms with van der Waals surface area (Å²) >= 11 is 1.54. The third kappa shape index (κ3) is 5.01. The van der Waals surface area contributed by atoms with Crippen LogP contribution in [0.25, 0.3) is 0 Å². The van der Waals surface area contributed by atoms with Gasteiger partial charge < -0.3 is 9.84 Å². The first-order chi connectivity index (χ1) is 13.9. The summed E-state index contributed by atoms with van der Waals surface area (Å²) in [6, 6.07) is 14.5. The van der Waals surface area contributed by atoms with Gasteiger partial charge in [0.1, 0.15) is 11.8 Å². The number of methoxy groups -OCH3 is 1. The molecule has 0 aromatic heterocycles. The largest absolute Gasteiger partial charge is 0.497 e. The first-order valence-electron chi connectivity index (χ1n) is 9.15. The first-order valence-corrected chi connectivity index (χ1v) is 11.6. The Morgan fingerprint density at radius 2 is 1.83 bits per heavy atom. The quantitative estimate of drug-likeness (QED) is 0.531. The van der Waals surface area contributed by atoms with Gasteiger partial charge in [-0.1, -0.05) is 30.4 Å². The molecule has 8 heteroatoms.